The van der Waals surface area contributed by atoms with E-state index in [9.17, 15) is 0 Å². The van der Waals surface area contributed by atoms with Gasteiger partial charge in [-0.15, -0.1) is 0 Å². The maximum atomic E-state index is 2.66. The Labute approximate surface area is 348 Å². The third kappa shape index (κ3) is 3.96. The molecule has 0 fully saturated rings. The van der Waals surface area contributed by atoms with Gasteiger partial charge in [-0.2, -0.15) is 0 Å². The monoisotopic (exact) mass is 760 g/mol. The van der Waals surface area contributed by atoms with Crippen molar-refractivity contribution in [1.82, 2.24) is 9.13 Å². The Hall–Kier alpha value is -7.36. The second-order valence-corrected chi connectivity index (χ2v) is 17.6. The van der Waals surface area contributed by atoms with E-state index in [1.807, 2.05) is 0 Å². The minimum atomic E-state index is -0.152. The highest BCUT2D eigenvalue weighted by Gasteiger charge is 2.45. The molecule has 9 aromatic carbocycles. The maximum absolute atomic E-state index is 2.66. The van der Waals surface area contributed by atoms with Gasteiger partial charge in [-0.25, -0.2) is 0 Å². The fourth-order valence-electron chi connectivity index (χ4n) is 11.9. The van der Waals surface area contributed by atoms with Crippen LogP contribution in [0.4, 0.5) is 0 Å². The van der Waals surface area contributed by atoms with Gasteiger partial charge in [0.2, 0.25) is 0 Å². The molecule has 60 heavy (non-hydrogen) atoms. The Balaban J connectivity index is 1.22. The number of para-hydroxylation sites is 1. The summed E-state index contributed by atoms with van der Waals surface area (Å²) in [5.74, 6) is 0. The summed E-state index contributed by atoms with van der Waals surface area (Å²) in [5.41, 5.74) is 23.4. The van der Waals surface area contributed by atoms with Gasteiger partial charge in [0.1, 0.15) is 0 Å². The van der Waals surface area contributed by atoms with Gasteiger partial charge in [-0.05, 0) is 95.9 Å². The van der Waals surface area contributed by atoms with Crippen molar-refractivity contribution in [3.05, 3.63) is 199 Å². The summed E-state index contributed by atoms with van der Waals surface area (Å²) in [6.07, 6.45) is 0. The predicted molar refractivity (Wildman–Crippen MR) is 254 cm³/mol. The van der Waals surface area contributed by atoms with E-state index in [4.69, 9.17) is 0 Å². The number of aromatic nitrogens is 2. The molecular weight excluding hydrogens is 723 g/mol. The Kier molecular flexibility index (Phi) is 6.21. The van der Waals surface area contributed by atoms with E-state index in [0.29, 0.717) is 0 Å². The van der Waals surface area contributed by atoms with Gasteiger partial charge in [-0.1, -0.05) is 178 Å². The van der Waals surface area contributed by atoms with Crippen LogP contribution in [0.1, 0.15) is 25.0 Å². The Morgan fingerprint density at radius 1 is 0.450 bits per heavy atom. The van der Waals surface area contributed by atoms with E-state index < -0.39 is 0 Å². The molecule has 3 aliphatic rings. The van der Waals surface area contributed by atoms with E-state index in [1.54, 1.807) is 0 Å². The van der Waals surface area contributed by atoms with Gasteiger partial charge in [0.25, 0.3) is 6.71 Å². The van der Waals surface area contributed by atoms with Crippen LogP contribution in [0.15, 0.2) is 188 Å². The second kappa shape index (κ2) is 11.4. The van der Waals surface area contributed by atoms with Gasteiger partial charge in [0.15, 0.2) is 0 Å². The highest BCUT2D eigenvalue weighted by molar-refractivity contribution is 7.01. The quantitative estimate of drug-likeness (QED) is 0.159. The smallest absolute Gasteiger partial charge is 0.253 e. The molecule has 278 valence electrons. The molecule has 3 heteroatoms. The van der Waals surface area contributed by atoms with Crippen LogP contribution in [0.25, 0.3) is 99.5 Å². The summed E-state index contributed by atoms with van der Waals surface area (Å²) in [6.45, 7) is 4.87. The minimum absolute atomic E-state index is 0.0156. The molecule has 0 spiro atoms. The van der Waals surface area contributed by atoms with Gasteiger partial charge in [0.05, 0.1) is 16.7 Å². The lowest BCUT2D eigenvalue weighted by Gasteiger charge is -2.35. The molecule has 0 saturated carbocycles. The number of rotatable bonds is 3. The molecule has 0 atom stereocenters. The lowest BCUT2D eigenvalue weighted by atomic mass is 9.33. The summed E-state index contributed by atoms with van der Waals surface area (Å²) >= 11 is 0. The SMILES string of the molecule is CC1(C)c2ccccc2-c2ccc3c(c21)c1cccc2c1n3-c1cc(-c3ccccc3)cc3c1B2c1c2ccccc2cc2c(-c4ccccc4)c(-c4ccccc4)n-3c12. The third-order valence-electron chi connectivity index (χ3n) is 14.2. The summed E-state index contributed by atoms with van der Waals surface area (Å²) in [4.78, 5) is 0. The Morgan fingerprint density at radius 3 is 1.88 bits per heavy atom. The Morgan fingerprint density at radius 2 is 1.10 bits per heavy atom. The molecule has 4 heterocycles. The molecule has 0 N–H and O–H groups in total. The fraction of sp³-hybridized carbons (Fsp3) is 0.0526. The zero-order chi connectivity index (χ0) is 39.4. The van der Waals surface area contributed by atoms with E-state index in [-0.39, 0.29) is 12.1 Å². The summed E-state index contributed by atoms with van der Waals surface area (Å²) in [7, 11) is 0. The average Bonchev–Trinajstić information content (AvgIpc) is 3.91. The molecular formula is C57H37BN2. The van der Waals surface area contributed by atoms with E-state index in [1.165, 1.54) is 127 Å². The normalized spacial score (nSPS) is 13.9. The second-order valence-electron chi connectivity index (χ2n) is 17.6. The van der Waals surface area contributed by atoms with E-state index >= 15 is 0 Å². The first-order valence-corrected chi connectivity index (χ1v) is 21.2. The molecule has 2 aromatic heterocycles. The van der Waals surface area contributed by atoms with E-state index in [0.717, 1.165) is 0 Å². The highest BCUT2D eigenvalue weighted by Crippen LogP contribution is 2.54. The van der Waals surface area contributed by atoms with Crippen molar-refractivity contribution in [2.75, 3.05) is 0 Å². The van der Waals surface area contributed by atoms with Crippen LogP contribution in [0.3, 0.4) is 0 Å². The van der Waals surface area contributed by atoms with Crippen molar-refractivity contribution in [2.45, 2.75) is 19.3 Å². The number of fused-ring (bicyclic) bond motifs is 13. The topological polar surface area (TPSA) is 9.86 Å². The predicted octanol–water partition coefficient (Wildman–Crippen LogP) is 12.3. The number of hydrogen-bond donors (Lipinski definition) is 0. The van der Waals surface area contributed by atoms with Crippen molar-refractivity contribution in [2.24, 2.45) is 0 Å². The lowest BCUT2D eigenvalue weighted by Crippen LogP contribution is -2.59. The first-order valence-electron chi connectivity index (χ1n) is 21.2. The van der Waals surface area contributed by atoms with Gasteiger partial charge in [-0.3, -0.25) is 0 Å². The molecule has 0 unspecified atom stereocenters. The molecule has 0 amide bonds. The van der Waals surface area contributed by atoms with Crippen molar-refractivity contribution in [3.8, 4) is 56.0 Å². The molecule has 2 nitrogen and oxygen atoms in total. The Bertz CT molecular complexity index is 3670. The van der Waals surface area contributed by atoms with Crippen molar-refractivity contribution in [1.29, 1.82) is 0 Å². The minimum Gasteiger partial charge on any atom is -0.310 e. The van der Waals surface area contributed by atoms with Crippen LogP contribution < -0.4 is 16.4 Å². The standard InChI is InChI=1S/C57H37BN2/c1-57(2)44-27-15-14-25-40(44)41-29-30-46-50(51(41)57)42-26-16-28-45-55(42)59(46)47-32-38(34-17-6-3-7-18-34)33-48-53(47)58(45)52-39-24-13-12-23-37(39)31-43-49(35-19-8-4-9-20-35)54(60(48)56(43)52)36-21-10-5-11-22-36/h3-33H,1-2H3. The zero-order valence-corrected chi connectivity index (χ0v) is 33.4. The zero-order valence-electron chi connectivity index (χ0n) is 33.4. The molecule has 14 rings (SSSR count). The molecule has 0 saturated heterocycles. The number of hydrogen-bond acceptors (Lipinski definition) is 0. The van der Waals surface area contributed by atoms with Gasteiger partial charge in [0, 0.05) is 44.0 Å². The first-order chi connectivity index (χ1) is 29.6. The molecule has 0 bridgehead atoms. The number of nitrogens with zero attached hydrogens (tertiary/aromatic N) is 2. The van der Waals surface area contributed by atoms with Crippen molar-refractivity contribution in [3.63, 3.8) is 0 Å². The summed E-state index contributed by atoms with van der Waals surface area (Å²) < 4.78 is 5.31. The summed E-state index contributed by atoms with van der Waals surface area (Å²) in [6, 6.07) is 70.8. The van der Waals surface area contributed by atoms with Gasteiger partial charge < -0.3 is 9.13 Å². The van der Waals surface area contributed by atoms with Gasteiger partial charge >= 0.3 is 0 Å². The van der Waals surface area contributed by atoms with Crippen LogP contribution in [0, 0.1) is 0 Å². The maximum Gasteiger partial charge on any atom is 0.253 e. The summed E-state index contributed by atoms with van der Waals surface area (Å²) in [5, 5.41) is 6.60. The molecule has 1 aliphatic carbocycles. The van der Waals surface area contributed by atoms with Crippen LogP contribution in [0.5, 0.6) is 0 Å². The molecule has 0 radical (unpaired) electrons. The van der Waals surface area contributed by atoms with Crippen molar-refractivity contribution < 1.29 is 0 Å². The largest absolute Gasteiger partial charge is 0.310 e. The lowest BCUT2D eigenvalue weighted by molar-refractivity contribution is 0.666. The number of benzene rings is 9. The average molecular weight is 761 g/mol. The van der Waals surface area contributed by atoms with Crippen molar-refractivity contribution >= 4 is 66.6 Å². The van der Waals surface area contributed by atoms with Crippen LogP contribution in [-0.2, 0) is 5.41 Å². The fourth-order valence-corrected chi connectivity index (χ4v) is 11.9. The van der Waals surface area contributed by atoms with Crippen LogP contribution in [0.2, 0.25) is 0 Å². The molecule has 2 aliphatic heterocycles. The molecule has 11 aromatic rings. The highest BCUT2D eigenvalue weighted by atomic mass is 15.0. The van der Waals surface area contributed by atoms with Crippen LogP contribution in [-0.4, -0.2) is 15.8 Å². The first kappa shape index (κ1) is 32.6. The van der Waals surface area contributed by atoms with E-state index in [2.05, 4.69) is 211 Å². The van der Waals surface area contributed by atoms with Crippen LogP contribution >= 0.6 is 0 Å². The third-order valence-corrected chi connectivity index (χ3v) is 14.2.